The zero-order valence-corrected chi connectivity index (χ0v) is 27.3. The number of pyridine rings is 1. The van der Waals surface area contributed by atoms with Gasteiger partial charge in [0.2, 0.25) is 5.91 Å². The van der Waals surface area contributed by atoms with E-state index in [1.807, 2.05) is 34.7 Å². The second-order valence-corrected chi connectivity index (χ2v) is 12.6. The van der Waals surface area contributed by atoms with Crippen LogP contribution in [0.15, 0.2) is 36.9 Å². The van der Waals surface area contributed by atoms with E-state index in [9.17, 15) is 18.4 Å². The van der Waals surface area contributed by atoms with Gasteiger partial charge in [-0.05, 0) is 94.2 Å². The number of benzene rings is 1. The van der Waals surface area contributed by atoms with E-state index in [-0.39, 0.29) is 29.0 Å². The molecule has 3 heterocycles. The van der Waals surface area contributed by atoms with Crippen molar-refractivity contribution < 1.29 is 18.4 Å². The number of amides is 1. The molecule has 240 valence electrons. The topological polar surface area (TPSA) is 81.0 Å². The Morgan fingerprint density at radius 2 is 1.71 bits per heavy atom. The smallest absolute Gasteiger partial charge is 0.225 e. The van der Waals surface area contributed by atoms with E-state index in [0.29, 0.717) is 36.0 Å². The van der Waals surface area contributed by atoms with Crippen molar-refractivity contribution in [1.29, 1.82) is 0 Å². The number of hydrogen-bond donors (Lipinski definition) is 0. The molecule has 3 aromatic rings. The fraction of sp³-hybridized carbons (Fsp3) is 0.472. The summed E-state index contributed by atoms with van der Waals surface area (Å²) in [5.74, 6) is -1.22. The molecular formula is C36H45F2N5O2. The number of piperidine rings is 1. The lowest BCUT2D eigenvalue weighted by molar-refractivity contribution is -0.134. The molecule has 5 rings (SSSR count). The van der Waals surface area contributed by atoms with Gasteiger partial charge in [0.25, 0.3) is 0 Å². The van der Waals surface area contributed by atoms with Gasteiger partial charge in [-0.15, -0.1) is 5.10 Å². The van der Waals surface area contributed by atoms with Crippen LogP contribution < -0.4 is 0 Å². The fourth-order valence-electron chi connectivity index (χ4n) is 5.62. The molecule has 1 saturated carbocycles. The molecule has 1 aliphatic heterocycles. The van der Waals surface area contributed by atoms with Crippen LogP contribution in [0.25, 0.3) is 17.7 Å². The van der Waals surface area contributed by atoms with Crippen molar-refractivity contribution >= 4 is 29.4 Å². The Morgan fingerprint density at radius 3 is 2.31 bits per heavy atom. The SMILES string of the molecule is C=Cc1c(/C=C(\C)c2ccc(C(C)=O)c(F)c2F)nnn1C1CCN(C(=O)C2CC2Cc2cccc(C)n2)CC1.CCC(C)C. The average molecular weight is 618 g/mol. The summed E-state index contributed by atoms with van der Waals surface area (Å²) < 4.78 is 30.9. The van der Waals surface area contributed by atoms with E-state index in [2.05, 4.69) is 42.6 Å². The zero-order valence-electron chi connectivity index (χ0n) is 27.3. The van der Waals surface area contributed by atoms with Crippen molar-refractivity contribution in [3.8, 4) is 0 Å². The minimum absolute atomic E-state index is 0.0440. The maximum absolute atomic E-state index is 14.7. The van der Waals surface area contributed by atoms with Gasteiger partial charge in [0.05, 0.1) is 17.3 Å². The monoisotopic (exact) mass is 617 g/mol. The molecule has 0 bridgehead atoms. The highest BCUT2D eigenvalue weighted by molar-refractivity contribution is 5.95. The molecule has 0 spiro atoms. The third-order valence-electron chi connectivity index (χ3n) is 8.79. The molecule has 1 amide bonds. The Morgan fingerprint density at radius 1 is 1.07 bits per heavy atom. The first-order valence-electron chi connectivity index (χ1n) is 15.9. The Labute approximate surface area is 265 Å². The van der Waals surface area contributed by atoms with Gasteiger partial charge in [0.1, 0.15) is 5.69 Å². The number of nitrogens with zero attached hydrogens (tertiary/aromatic N) is 5. The first-order chi connectivity index (χ1) is 21.4. The summed E-state index contributed by atoms with van der Waals surface area (Å²) >= 11 is 0. The third-order valence-corrected chi connectivity index (χ3v) is 8.79. The number of halogens is 2. The second-order valence-electron chi connectivity index (χ2n) is 12.6. The van der Waals surface area contributed by atoms with Gasteiger partial charge in [-0.3, -0.25) is 14.6 Å². The Hall–Kier alpha value is -4.01. The van der Waals surface area contributed by atoms with Crippen molar-refractivity contribution in [2.45, 2.75) is 79.7 Å². The summed E-state index contributed by atoms with van der Waals surface area (Å²) in [5, 5.41) is 8.63. The van der Waals surface area contributed by atoms with Gasteiger partial charge in [-0.25, -0.2) is 13.5 Å². The lowest BCUT2D eigenvalue weighted by Gasteiger charge is -2.32. The third kappa shape index (κ3) is 8.18. The summed E-state index contributed by atoms with van der Waals surface area (Å²) in [7, 11) is 0. The van der Waals surface area contributed by atoms with Crippen molar-refractivity contribution in [2.75, 3.05) is 13.1 Å². The summed E-state index contributed by atoms with van der Waals surface area (Å²) in [6, 6.07) is 8.74. The predicted molar refractivity (Wildman–Crippen MR) is 174 cm³/mol. The zero-order chi connectivity index (χ0) is 32.8. The molecule has 2 aromatic heterocycles. The number of hydrogen-bond acceptors (Lipinski definition) is 5. The van der Waals surface area contributed by atoms with Crippen molar-refractivity contribution in [2.24, 2.45) is 17.8 Å². The Bertz CT molecular complexity index is 1570. The molecule has 9 heteroatoms. The van der Waals surface area contributed by atoms with E-state index in [1.165, 1.54) is 25.5 Å². The second kappa shape index (κ2) is 14.8. The van der Waals surface area contributed by atoms with Gasteiger partial charge in [0, 0.05) is 36.0 Å². The predicted octanol–water partition coefficient (Wildman–Crippen LogP) is 7.76. The summed E-state index contributed by atoms with van der Waals surface area (Å²) in [6.07, 6.45) is 7.82. The molecule has 1 aromatic carbocycles. The number of carbonyl (C=O) groups excluding carboxylic acids is 2. The molecular weight excluding hydrogens is 572 g/mol. The first kappa shape index (κ1) is 33.9. The largest absolute Gasteiger partial charge is 0.342 e. The van der Waals surface area contributed by atoms with E-state index in [0.717, 1.165) is 43.0 Å². The normalized spacial score (nSPS) is 18.4. The van der Waals surface area contributed by atoms with Gasteiger partial charge in [-0.1, -0.05) is 51.1 Å². The molecule has 2 fully saturated rings. The van der Waals surface area contributed by atoms with Crippen molar-refractivity contribution in [1.82, 2.24) is 24.9 Å². The van der Waals surface area contributed by atoms with Crippen molar-refractivity contribution in [3.05, 3.63) is 82.4 Å². The fourth-order valence-corrected chi connectivity index (χ4v) is 5.62. The van der Waals surface area contributed by atoms with Gasteiger partial charge < -0.3 is 4.90 Å². The number of ketones is 1. The number of aromatic nitrogens is 4. The van der Waals surface area contributed by atoms with Gasteiger partial charge in [0.15, 0.2) is 17.4 Å². The number of Topliss-reactive ketones (excluding diaryl/α,β-unsaturated/α-hetero) is 1. The molecule has 2 aliphatic rings. The van der Waals surface area contributed by atoms with Gasteiger partial charge in [-0.2, -0.15) is 0 Å². The van der Waals surface area contributed by atoms with Crippen LogP contribution in [0.3, 0.4) is 0 Å². The number of aryl methyl sites for hydroxylation is 1. The van der Waals surface area contributed by atoms with Crippen LogP contribution in [0.4, 0.5) is 8.78 Å². The number of rotatable bonds is 9. The molecule has 2 unspecified atom stereocenters. The van der Waals surface area contributed by atoms with E-state index >= 15 is 0 Å². The average Bonchev–Trinajstić information content (AvgIpc) is 3.66. The van der Waals surface area contributed by atoms with Crippen LogP contribution in [-0.4, -0.2) is 49.7 Å². The van der Waals surface area contributed by atoms with Crippen LogP contribution in [0.2, 0.25) is 0 Å². The van der Waals surface area contributed by atoms with E-state index < -0.39 is 17.4 Å². The molecule has 7 nitrogen and oxygen atoms in total. The lowest BCUT2D eigenvalue weighted by atomic mass is 10.0. The highest BCUT2D eigenvalue weighted by Crippen LogP contribution is 2.43. The Kier molecular flexibility index (Phi) is 11.2. The van der Waals surface area contributed by atoms with Crippen LogP contribution in [0.1, 0.15) is 105 Å². The van der Waals surface area contributed by atoms with Crippen LogP contribution in [0.5, 0.6) is 0 Å². The maximum Gasteiger partial charge on any atom is 0.225 e. The van der Waals surface area contributed by atoms with Gasteiger partial charge >= 0.3 is 0 Å². The lowest BCUT2D eigenvalue weighted by Crippen LogP contribution is -2.40. The van der Waals surface area contributed by atoms with E-state index in [4.69, 9.17) is 0 Å². The molecule has 1 saturated heterocycles. The molecule has 45 heavy (non-hydrogen) atoms. The van der Waals surface area contributed by atoms with Crippen LogP contribution in [-0.2, 0) is 11.2 Å². The highest BCUT2D eigenvalue weighted by atomic mass is 19.2. The number of allylic oxidation sites excluding steroid dienone is 1. The summed E-state index contributed by atoms with van der Waals surface area (Å²) in [6.45, 7) is 16.7. The number of carbonyl (C=O) groups is 2. The molecule has 2 atom stereocenters. The minimum Gasteiger partial charge on any atom is -0.342 e. The minimum atomic E-state index is -1.16. The summed E-state index contributed by atoms with van der Waals surface area (Å²) in [4.78, 5) is 31.2. The van der Waals surface area contributed by atoms with E-state index in [1.54, 1.807) is 19.1 Å². The first-order valence-corrected chi connectivity index (χ1v) is 15.9. The Balaban J connectivity index is 0.000000854. The van der Waals surface area contributed by atoms with Crippen LogP contribution in [0, 0.1) is 36.3 Å². The molecule has 0 N–H and O–H groups in total. The molecule has 1 aliphatic carbocycles. The highest BCUT2D eigenvalue weighted by Gasteiger charge is 2.45. The van der Waals surface area contributed by atoms with Crippen molar-refractivity contribution in [3.63, 3.8) is 0 Å². The summed E-state index contributed by atoms with van der Waals surface area (Å²) in [5.41, 5.74) is 3.43. The standard InChI is InChI=1S/C31H33F2N5O2.C5H12/c1-5-28-27(15-18(2)24-9-10-25(20(4)39)30(33)29(24)32)35-36-38(28)23-11-13-37(14-12-23)31(40)26-17-21(26)16-22-8-6-7-19(3)34-22;1-4-5(2)3/h5-10,15,21,23,26H,1,11-14,16-17H2,2-4H3;5H,4H2,1-3H3/b18-15+;. The quantitative estimate of drug-likeness (QED) is 0.229. The maximum atomic E-state index is 14.7. The number of likely N-dealkylation sites (tertiary alicyclic amines) is 1. The van der Waals surface area contributed by atoms with Crippen LogP contribution >= 0.6 is 0 Å². The molecule has 0 radical (unpaired) electrons.